The third kappa shape index (κ3) is 4.59. The van der Waals surface area contributed by atoms with Crippen LogP contribution in [0.15, 0.2) is 27.6 Å². The van der Waals surface area contributed by atoms with Crippen molar-refractivity contribution >= 4 is 49.6 Å². The van der Waals surface area contributed by atoms with E-state index in [0.29, 0.717) is 10.2 Å². The molecule has 1 atom stereocenters. The Hall–Kier alpha value is -1.10. The fraction of sp³-hybridized carbons (Fsp3) is 0.500. The molecule has 0 radical (unpaired) electrons. The molecular formula is C16H21BrN2O5S2. The summed E-state index contributed by atoms with van der Waals surface area (Å²) in [5.41, 5.74) is -0.355. The number of carbonyl (C=O) groups is 2. The number of methoxy groups -OCH3 is 1. The Morgan fingerprint density at radius 3 is 2.58 bits per heavy atom. The summed E-state index contributed by atoms with van der Waals surface area (Å²) < 4.78 is 32.4. The number of hydrogen-bond donors (Lipinski definition) is 1. The first-order valence-corrected chi connectivity index (χ1v) is 11.2. The van der Waals surface area contributed by atoms with E-state index in [9.17, 15) is 18.0 Å². The van der Waals surface area contributed by atoms with E-state index in [-0.39, 0.29) is 22.2 Å². The minimum atomic E-state index is -3.95. The molecule has 1 unspecified atom stereocenters. The molecule has 1 aliphatic heterocycles. The van der Waals surface area contributed by atoms with Crippen molar-refractivity contribution in [2.24, 2.45) is 0 Å². The van der Waals surface area contributed by atoms with Crippen molar-refractivity contribution in [2.75, 3.05) is 18.7 Å². The van der Waals surface area contributed by atoms with Gasteiger partial charge in [0.05, 0.1) is 23.4 Å². The number of amides is 1. The Kier molecular flexibility index (Phi) is 6.42. The van der Waals surface area contributed by atoms with Crippen LogP contribution in [0, 0.1) is 0 Å². The number of benzene rings is 1. The van der Waals surface area contributed by atoms with E-state index >= 15 is 0 Å². The van der Waals surface area contributed by atoms with Gasteiger partial charge in [0.1, 0.15) is 6.04 Å². The summed E-state index contributed by atoms with van der Waals surface area (Å²) in [5, 5.41) is 2.82. The summed E-state index contributed by atoms with van der Waals surface area (Å²) in [6.07, 6.45) is 0. The van der Waals surface area contributed by atoms with Gasteiger partial charge in [-0.25, -0.2) is 13.2 Å². The lowest BCUT2D eigenvalue weighted by molar-refractivity contribution is -0.125. The van der Waals surface area contributed by atoms with Crippen LogP contribution in [0.4, 0.5) is 0 Å². The molecule has 7 nitrogen and oxygen atoms in total. The zero-order valence-electron chi connectivity index (χ0n) is 14.9. The average Bonchev–Trinajstić information content (AvgIpc) is 3.03. The van der Waals surface area contributed by atoms with E-state index in [0.717, 1.165) is 0 Å². The van der Waals surface area contributed by atoms with E-state index in [1.807, 2.05) is 20.8 Å². The highest BCUT2D eigenvalue weighted by Gasteiger charge is 2.41. The van der Waals surface area contributed by atoms with Crippen molar-refractivity contribution in [1.29, 1.82) is 0 Å². The highest BCUT2D eigenvalue weighted by molar-refractivity contribution is 9.10. The van der Waals surface area contributed by atoms with E-state index < -0.39 is 27.6 Å². The number of rotatable bonds is 4. The van der Waals surface area contributed by atoms with Crippen molar-refractivity contribution in [2.45, 2.75) is 37.2 Å². The number of carbonyl (C=O) groups excluding carboxylic acids is 2. The summed E-state index contributed by atoms with van der Waals surface area (Å²) in [7, 11) is -2.72. The molecule has 26 heavy (non-hydrogen) atoms. The van der Waals surface area contributed by atoms with Crippen LogP contribution < -0.4 is 5.32 Å². The topological polar surface area (TPSA) is 92.8 Å². The van der Waals surface area contributed by atoms with Crippen molar-refractivity contribution in [3.63, 3.8) is 0 Å². The first-order chi connectivity index (χ1) is 12.0. The molecule has 1 aromatic carbocycles. The van der Waals surface area contributed by atoms with Gasteiger partial charge in [0, 0.05) is 15.8 Å². The van der Waals surface area contributed by atoms with Crippen LogP contribution in [0.25, 0.3) is 0 Å². The molecule has 144 valence electrons. The van der Waals surface area contributed by atoms with Crippen LogP contribution >= 0.6 is 27.7 Å². The molecule has 0 aliphatic carbocycles. The summed E-state index contributed by atoms with van der Waals surface area (Å²) in [6, 6.07) is 3.34. The number of sulfonamides is 1. The van der Waals surface area contributed by atoms with Gasteiger partial charge in [0.25, 0.3) is 0 Å². The minimum absolute atomic E-state index is 0.0582. The average molecular weight is 465 g/mol. The maximum Gasteiger partial charge on any atom is 0.339 e. The maximum absolute atomic E-state index is 13.1. The van der Waals surface area contributed by atoms with Crippen molar-refractivity contribution in [1.82, 2.24) is 9.62 Å². The number of halogens is 1. The molecule has 0 bridgehead atoms. The molecule has 1 heterocycles. The zero-order valence-corrected chi connectivity index (χ0v) is 18.1. The van der Waals surface area contributed by atoms with E-state index in [1.165, 1.54) is 41.4 Å². The lowest BCUT2D eigenvalue weighted by atomic mass is 10.1. The van der Waals surface area contributed by atoms with Crippen LogP contribution in [0.1, 0.15) is 31.1 Å². The summed E-state index contributed by atoms with van der Waals surface area (Å²) in [5.74, 6) is -0.432. The van der Waals surface area contributed by atoms with Crippen LogP contribution in [0.5, 0.6) is 0 Å². The van der Waals surface area contributed by atoms with Gasteiger partial charge in [-0.05, 0) is 54.9 Å². The Bertz CT molecular complexity index is 820. The van der Waals surface area contributed by atoms with E-state index in [4.69, 9.17) is 0 Å². The molecule has 10 heteroatoms. The summed E-state index contributed by atoms with van der Waals surface area (Å²) in [6.45, 7) is 5.51. The van der Waals surface area contributed by atoms with Gasteiger partial charge in [-0.3, -0.25) is 4.79 Å². The van der Waals surface area contributed by atoms with Crippen LogP contribution in [0.2, 0.25) is 0 Å². The smallest absolute Gasteiger partial charge is 0.339 e. The number of nitrogens with one attached hydrogen (secondary N) is 1. The Balaban J connectivity index is 2.37. The monoisotopic (exact) mass is 464 g/mol. The van der Waals surface area contributed by atoms with Crippen LogP contribution in [-0.4, -0.2) is 54.9 Å². The molecule has 0 saturated carbocycles. The Morgan fingerprint density at radius 2 is 2.00 bits per heavy atom. The number of ether oxygens (including phenoxy) is 1. The molecule has 1 amide bonds. The highest BCUT2D eigenvalue weighted by Crippen LogP contribution is 2.30. The molecule has 1 aromatic rings. The number of thioether (sulfide) groups is 1. The second-order valence-corrected chi connectivity index (χ2v) is 10.5. The number of nitrogens with zero attached hydrogens (tertiary/aromatic N) is 1. The second-order valence-electron chi connectivity index (χ2n) is 6.78. The van der Waals surface area contributed by atoms with E-state index in [2.05, 4.69) is 26.0 Å². The minimum Gasteiger partial charge on any atom is -0.465 e. The normalized spacial score (nSPS) is 18.6. The molecule has 0 spiro atoms. The molecular weight excluding hydrogens is 444 g/mol. The standard InChI is InChI=1S/C16H21BrN2O5S2/c1-16(2,3)18-14(20)13-8-25-9-19(13)26(22,23)10-5-6-12(17)11(7-10)15(21)24-4/h5-7,13H,8-9H2,1-4H3,(H,18,20). The van der Waals surface area contributed by atoms with Gasteiger partial charge >= 0.3 is 5.97 Å². The number of esters is 1. The van der Waals surface area contributed by atoms with Gasteiger partial charge < -0.3 is 10.1 Å². The van der Waals surface area contributed by atoms with Crippen LogP contribution in [0.3, 0.4) is 0 Å². The lowest BCUT2D eigenvalue weighted by Crippen LogP contribution is -2.52. The lowest BCUT2D eigenvalue weighted by Gasteiger charge is -2.27. The SMILES string of the molecule is COC(=O)c1cc(S(=O)(=O)N2CSCC2C(=O)NC(C)(C)C)ccc1Br. The van der Waals surface area contributed by atoms with Crippen molar-refractivity contribution < 1.29 is 22.7 Å². The second kappa shape index (κ2) is 7.87. The summed E-state index contributed by atoms with van der Waals surface area (Å²) >= 11 is 4.58. The molecule has 0 aromatic heterocycles. The van der Waals surface area contributed by atoms with Gasteiger partial charge in [0.15, 0.2) is 0 Å². The molecule has 1 N–H and O–H groups in total. The predicted molar refractivity (Wildman–Crippen MR) is 104 cm³/mol. The predicted octanol–water partition coefficient (Wildman–Crippen LogP) is 2.21. The van der Waals surface area contributed by atoms with Crippen molar-refractivity contribution in [3.8, 4) is 0 Å². The quantitative estimate of drug-likeness (QED) is 0.686. The third-order valence-corrected chi connectivity index (χ3v) is 7.31. The zero-order chi connectivity index (χ0) is 19.7. The number of hydrogen-bond acceptors (Lipinski definition) is 6. The Morgan fingerprint density at radius 1 is 1.35 bits per heavy atom. The Labute approximate surface area is 166 Å². The molecule has 1 saturated heterocycles. The largest absolute Gasteiger partial charge is 0.465 e. The van der Waals surface area contributed by atoms with Crippen molar-refractivity contribution in [3.05, 3.63) is 28.2 Å². The van der Waals surface area contributed by atoms with Crippen LogP contribution in [-0.2, 0) is 19.6 Å². The van der Waals surface area contributed by atoms with E-state index in [1.54, 1.807) is 0 Å². The first-order valence-electron chi connectivity index (χ1n) is 7.77. The molecule has 1 fully saturated rings. The highest BCUT2D eigenvalue weighted by atomic mass is 79.9. The maximum atomic E-state index is 13.1. The molecule has 2 rings (SSSR count). The van der Waals surface area contributed by atoms with Gasteiger partial charge in [-0.15, -0.1) is 11.8 Å². The van der Waals surface area contributed by atoms with Gasteiger partial charge in [0.2, 0.25) is 15.9 Å². The fourth-order valence-electron chi connectivity index (χ4n) is 2.39. The molecule has 1 aliphatic rings. The van der Waals surface area contributed by atoms with Gasteiger partial charge in [-0.2, -0.15) is 4.31 Å². The van der Waals surface area contributed by atoms with Gasteiger partial charge in [-0.1, -0.05) is 0 Å². The summed E-state index contributed by atoms with van der Waals surface area (Å²) in [4.78, 5) is 24.3. The third-order valence-electron chi connectivity index (χ3n) is 3.59. The fourth-order valence-corrected chi connectivity index (χ4v) is 5.97. The first kappa shape index (κ1) is 21.2.